The largest absolute Gasteiger partial charge is 0.404 e. The Hall–Kier alpha value is -2.73. The van der Waals surface area contributed by atoms with E-state index in [4.69, 9.17) is 4.74 Å². The molecule has 1 aromatic carbocycles. The molecule has 0 spiro atoms. The first-order valence-corrected chi connectivity index (χ1v) is 11.4. The lowest BCUT2D eigenvalue weighted by Crippen LogP contribution is -2.49. The zero-order chi connectivity index (χ0) is 21.0. The Morgan fingerprint density at radius 3 is 2.39 bits per heavy atom. The molecule has 28 heavy (non-hydrogen) atoms. The predicted octanol–water partition coefficient (Wildman–Crippen LogP) is 0.281. The number of esters is 1. The van der Waals surface area contributed by atoms with Crippen LogP contribution in [0.3, 0.4) is 0 Å². The summed E-state index contributed by atoms with van der Waals surface area (Å²) < 4.78 is 53.9. The molecule has 0 bridgehead atoms. The molecule has 0 N–H and O–H groups in total. The van der Waals surface area contributed by atoms with Gasteiger partial charge in [0.15, 0.2) is 15.6 Å². The van der Waals surface area contributed by atoms with E-state index in [1.54, 1.807) is 20.0 Å². The predicted molar refractivity (Wildman–Crippen MR) is 99.6 cm³/mol. The minimum Gasteiger partial charge on any atom is -0.404 e. The van der Waals surface area contributed by atoms with Gasteiger partial charge in [0, 0.05) is 32.0 Å². The van der Waals surface area contributed by atoms with Crippen molar-refractivity contribution >= 4 is 37.3 Å². The molecule has 2 heterocycles. The summed E-state index contributed by atoms with van der Waals surface area (Å²) in [6.07, 6.45) is 0.688. The lowest BCUT2D eigenvalue weighted by molar-refractivity contribution is 0.0719. The summed E-state index contributed by atoms with van der Waals surface area (Å²) >= 11 is 0. The van der Waals surface area contributed by atoms with Gasteiger partial charge in [0.05, 0.1) is 16.9 Å². The number of aromatic nitrogens is 2. The van der Waals surface area contributed by atoms with Crippen molar-refractivity contribution in [3.8, 4) is 5.88 Å². The van der Waals surface area contributed by atoms with Crippen molar-refractivity contribution < 1.29 is 31.2 Å². The molecular weight excluding hydrogens is 410 g/mol. The van der Waals surface area contributed by atoms with Crippen LogP contribution in [0.15, 0.2) is 24.3 Å². The highest BCUT2D eigenvalue weighted by atomic mass is 32.3. The molecule has 1 aromatic heterocycles. The van der Waals surface area contributed by atoms with Gasteiger partial charge in [-0.3, -0.25) is 9.10 Å². The van der Waals surface area contributed by atoms with E-state index in [-0.39, 0.29) is 22.7 Å². The van der Waals surface area contributed by atoms with Crippen LogP contribution < -0.4 is 9.04 Å². The minimum atomic E-state index is -4.50. The number of sulfonamides is 1. The maximum absolute atomic E-state index is 12.6. The van der Waals surface area contributed by atoms with Gasteiger partial charge in [0.2, 0.25) is 10.5 Å². The zero-order valence-corrected chi connectivity index (χ0v) is 17.0. The molecule has 2 aromatic rings. The molecular formula is C16H17N3O7S2. The molecule has 1 aliphatic heterocycles. The molecule has 1 atom stereocenters. The van der Waals surface area contributed by atoms with E-state index in [9.17, 15) is 26.4 Å². The normalized spacial score (nSPS) is 18.6. The number of benzene rings is 1. The van der Waals surface area contributed by atoms with E-state index in [0.717, 1.165) is 7.05 Å². The van der Waals surface area contributed by atoms with Crippen LogP contribution in [0.2, 0.25) is 0 Å². The number of hydrogen-bond donors (Lipinski definition) is 0. The molecule has 3 rings (SSSR count). The molecule has 0 saturated heterocycles. The van der Waals surface area contributed by atoms with Crippen LogP contribution >= 0.6 is 0 Å². The number of aryl methyl sites for hydroxylation is 2. The first-order chi connectivity index (χ1) is 12.8. The molecule has 0 amide bonds. The Balaban J connectivity index is 2.04. The summed E-state index contributed by atoms with van der Waals surface area (Å²) in [5.74, 6) is -1.65. The van der Waals surface area contributed by atoms with Crippen LogP contribution in [0, 0.1) is 6.92 Å². The lowest BCUT2D eigenvalue weighted by atomic mass is 10.1. The third-order valence-electron chi connectivity index (χ3n) is 4.25. The quantitative estimate of drug-likeness (QED) is 0.638. The van der Waals surface area contributed by atoms with Gasteiger partial charge in [-0.1, -0.05) is 0 Å². The van der Waals surface area contributed by atoms with E-state index in [1.165, 1.54) is 22.9 Å². The highest BCUT2D eigenvalue weighted by molar-refractivity contribution is 8.10. The van der Waals surface area contributed by atoms with Crippen molar-refractivity contribution in [2.45, 2.75) is 11.5 Å². The fraction of sp³-hybridized carbons (Fsp3) is 0.312. The van der Waals surface area contributed by atoms with Crippen LogP contribution in [0.1, 0.15) is 26.4 Å². The van der Waals surface area contributed by atoms with Crippen LogP contribution in [0.4, 0.5) is 5.69 Å². The van der Waals surface area contributed by atoms with Crippen molar-refractivity contribution in [1.82, 2.24) is 9.78 Å². The molecule has 1 unspecified atom stereocenters. The third-order valence-corrected chi connectivity index (χ3v) is 8.74. The number of carbonyl (C=O) groups excluding carboxylic acids is 2. The van der Waals surface area contributed by atoms with Gasteiger partial charge in [-0.15, -0.1) is 0 Å². The number of rotatable bonds is 3. The topological polar surface area (TPSA) is 133 Å². The van der Waals surface area contributed by atoms with E-state index in [2.05, 4.69) is 5.10 Å². The summed E-state index contributed by atoms with van der Waals surface area (Å²) in [6.45, 7) is 1.72. The standard InChI is InChI=1S/C16H17N3O7S2/c1-9-7-13(18(2)17-9)26-15(21)10-5-6-11-12(8-10)19(3)28(24,25)16(14(11)20)27(4,22)23/h5-8,16H,1-4H3. The average Bonchev–Trinajstić information content (AvgIpc) is 2.88. The minimum absolute atomic E-state index is 0.00902. The Kier molecular flexibility index (Phi) is 4.58. The number of carbonyl (C=O) groups is 2. The van der Waals surface area contributed by atoms with Crippen LogP contribution in [-0.4, -0.2) is 56.3 Å². The fourth-order valence-corrected chi connectivity index (χ4v) is 6.70. The average molecular weight is 427 g/mol. The van der Waals surface area contributed by atoms with E-state index in [0.29, 0.717) is 16.3 Å². The molecule has 0 radical (unpaired) electrons. The number of nitrogens with zero attached hydrogens (tertiary/aromatic N) is 3. The summed E-state index contributed by atoms with van der Waals surface area (Å²) in [7, 11) is -5.99. The summed E-state index contributed by atoms with van der Waals surface area (Å²) in [4.78, 5) is 25.0. The lowest BCUT2D eigenvalue weighted by Gasteiger charge is -2.31. The monoisotopic (exact) mass is 427 g/mol. The van der Waals surface area contributed by atoms with Gasteiger partial charge in [-0.05, 0) is 25.1 Å². The maximum atomic E-state index is 12.6. The molecule has 0 aliphatic carbocycles. The number of fused-ring (bicyclic) bond motifs is 1. The summed E-state index contributed by atoms with van der Waals surface area (Å²) in [6, 6.07) is 5.21. The van der Waals surface area contributed by atoms with Gasteiger partial charge in [0.1, 0.15) is 0 Å². The fourth-order valence-electron chi connectivity index (χ4n) is 2.92. The molecule has 1 aliphatic rings. The van der Waals surface area contributed by atoms with Crippen molar-refractivity contribution in [3.63, 3.8) is 0 Å². The van der Waals surface area contributed by atoms with E-state index >= 15 is 0 Å². The first kappa shape index (κ1) is 20.0. The molecule has 0 fully saturated rings. The number of sulfone groups is 1. The number of anilines is 1. The Labute approximate surface area is 161 Å². The van der Waals surface area contributed by atoms with Gasteiger partial charge < -0.3 is 4.74 Å². The highest BCUT2D eigenvalue weighted by Crippen LogP contribution is 2.34. The number of ether oxygens (including phenoxy) is 1. The summed E-state index contributed by atoms with van der Waals surface area (Å²) in [5, 5.41) is 4.05. The van der Waals surface area contributed by atoms with E-state index in [1.807, 2.05) is 0 Å². The maximum Gasteiger partial charge on any atom is 0.344 e. The number of hydrogen-bond acceptors (Lipinski definition) is 8. The van der Waals surface area contributed by atoms with Crippen LogP contribution in [0.25, 0.3) is 0 Å². The van der Waals surface area contributed by atoms with Gasteiger partial charge in [-0.2, -0.15) is 5.10 Å². The van der Waals surface area contributed by atoms with Gasteiger partial charge in [0.25, 0.3) is 10.0 Å². The first-order valence-electron chi connectivity index (χ1n) is 7.91. The Morgan fingerprint density at radius 1 is 1.21 bits per heavy atom. The number of Topliss-reactive ketones (excluding diaryl/α,β-unsaturated/α-hetero) is 1. The van der Waals surface area contributed by atoms with Crippen LogP contribution in [-0.2, 0) is 26.9 Å². The van der Waals surface area contributed by atoms with Gasteiger partial charge in [-0.25, -0.2) is 26.3 Å². The Morgan fingerprint density at radius 2 is 1.86 bits per heavy atom. The Bertz CT molecular complexity index is 1210. The second-order valence-corrected chi connectivity index (χ2v) is 10.9. The second kappa shape index (κ2) is 6.41. The SMILES string of the molecule is Cc1cc(OC(=O)c2ccc3c(c2)N(C)S(=O)(=O)C(S(C)(=O)=O)C3=O)n(C)n1. The smallest absolute Gasteiger partial charge is 0.344 e. The molecule has 10 nitrogen and oxygen atoms in total. The molecule has 150 valence electrons. The molecule has 12 heteroatoms. The zero-order valence-electron chi connectivity index (χ0n) is 15.4. The van der Waals surface area contributed by atoms with Crippen LogP contribution in [0.5, 0.6) is 5.88 Å². The summed E-state index contributed by atoms with van der Waals surface area (Å²) in [5.41, 5.74) is 0.422. The molecule has 0 saturated carbocycles. The van der Waals surface area contributed by atoms with Crippen molar-refractivity contribution in [1.29, 1.82) is 0 Å². The van der Waals surface area contributed by atoms with Crippen molar-refractivity contribution in [2.75, 3.05) is 17.6 Å². The van der Waals surface area contributed by atoms with Crippen molar-refractivity contribution in [2.24, 2.45) is 7.05 Å². The second-order valence-electron chi connectivity index (χ2n) is 6.41. The highest BCUT2D eigenvalue weighted by Gasteiger charge is 2.49. The van der Waals surface area contributed by atoms with Gasteiger partial charge >= 0.3 is 5.97 Å². The van der Waals surface area contributed by atoms with E-state index < -0.39 is 36.2 Å². The third kappa shape index (κ3) is 3.18. The number of ketones is 1. The van der Waals surface area contributed by atoms with Crippen molar-refractivity contribution in [3.05, 3.63) is 41.1 Å².